The summed E-state index contributed by atoms with van der Waals surface area (Å²) in [6.07, 6.45) is 0. The molecule has 2 aromatic carbocycles. The molecule has 0 saturated carbocycles. The Morgan fingerprint density at radius 2 is 1.12 bits per heavy atom. The molecule has 0 aliphatic heterocycles. The van der Waals surface area contributed by atoms with E-state index >= 15 is 0 Å². The Balaban J connectivity index is 2.40. The fourth-order valence-electron chi connectivity index (χ4n) is 3.46. The molecule has 0 saturated heterocycles. The summed E-state index contributed by atoms with van der Waals surface area (Å²) in [6.45, 7) is 0. The molecule has 3 rings (SSSR count). The molecule has 1 aromatic heterocycles. The summed E-state index contributed by atoms with van der Waals surface area (Å²) in [5.41, 5.74) is 4.86. The normalized spacial score (nSPS) is 12.2. The van der Waals surface area contributed by atoms with Crippen LogP contribution in [0.1, 0.15) is 0 Å². The Morgan fingerprint density at radius 3 is 1.58 bits per heavy atom. The number of benzene rings is 2. The molecule has 0 spiro atoms. The Kier molecular flexibility index (Phi) is 5.88. The maximum atomic E-state index is 5.24. The number of pyridine rings is 1. The van der Waals surface area contributed by atoms with Gasteiger partial charge in [-0.3, -0.25) is 0 Å². The standard InChI is InChI=1S/C17H11N.6CH3.2Sn/c1-3-8-14(9-4-1)16-12-7-13-17(18-16)15-10-5-2-6-11-15;;;;;;;;/h1-6,8-12H;6*1H3;;. The van der Waals surface area contributed by atoms with Crippen molar-refractivity contribution >= 4 is 43.9 Å². The molecule has 0 atom stereocenters. The molecule has 0 unspecified atom stereocenters. The van der Waals surface area contributed by atoms with Crippen LogP contribution in [-0.4, -0.2) is 41.7 Å². The molecule has 3 heteroatoms. The number of hydrogen-bond acceptors (Lipinski definition) is 1. The molecule has 0 amide bonds. The second kappa shape index (κ2) is 7.67. The third kappa shape index (κ3) is 4.36. The number of aromatic nitrogens is 1. The molecule has 0 aliphatic rings. The first-order chi connectivity index (χ1) is 12.2. The van der Waals surface area contributed by atoms with Crippen LogP contribution in [0.4, 0.5) is 0 Å². The first-order valence-electron chi connectivity index (χ1n) is 9.35. The van der Waals surface area contributed by atoms with E-state index in [9.17, 15) is 0 Å². The van der Waals surface area contributed by atoms with Gasteiger partial charge in [-0.1, -0.05) is 0 Å². The van der Waals surface area contributed by atoms with Crippen molar-refractivity contribution < 1.29 is 0 Å². The Bertz CT molecular complexity index is 889. The predicted octanol–water partition coefficient (Wildman–Crippen LogP) is 5.51. The third-order valence-electron chi connectivity index (χ3n) is 4.69. The number of hydrogen-bond donors (Lipinski definition) is 0. The van der Waals surface area contributed by atoms with Gasteiger partial charge in [0.25, 0.3) is 0 Å². The molecule has 0 bridgehead atoms. The SMILES string of the molecule is [CH3][Sn]([CH3])([CH3])[c]1cc(-c2ccccc2)nc(-c2ccccc2)[c]1[Sn]([CH3])([CH3])[CH3]. The summed E-state index contributed by atoms with van der Waals surface area (Å²) < 4.78 is 3.32. The summed E-state index contributed by atoms with van der Waals surface area (Å²) in [6, 6.07) is 23.9. The van der Waals surface area contributed by atoms with Crippen LogP contribution in [-0.2, 0) is 0 Å². The monoisotopic (exact) mass is 559 g/mol. The van der Waals surface area contributed by atoms with Crippen LogP contribution in [0.15, 0.2) is 66.7 Å². The van der Waals surface area contributed by atoms with E-state index in [0.717, 1.165) is 5.69 Å². The summed E-state index contributed by atoms with van der Waals surface area (Å²) in [5.74, 6) is 0. The average molecular weight is 557 g/mol. The van der Waals surface area contributed by atoms with Gasteiger partial charge in [0.2, 0.25) is 0 Å². The van der Waals surface area contributed by atoms with Gasteiger partial charge in [0.15, 0.2) is 0 Å². The van der Waals surface area contributed by atoms with Crippen LogP contribution in [0.5, 0.6) is 0 Å². The minimum atomic E-state index is -2.37. The molecule has 3 aromatic rings. The van der Waals surface area contributed by atoms with E-state index < -0.39 is 36.8 Å². The Labute approximate surface area is 166 Å². The molecule has 0 fully saturated rings. The van der Waals surface area contributed by atoms with Gasteiger partial charge in [0.05, 0.1) is 0 Å². The van der Waals surface area contributed by atoms with E-state index in [0.29, 0.717) is 0 Å². The molecule has 1 nitrogen and oxygen atoms in total. The van der Waals surface area contributed by atoms with Gasteiger partial charge < -0.3 is 0 Å². The van der Waals surface area contributed by atoms with E-state index in [-0.39, 0.29) is 0 Å². The van der Waals surface area contributed by atoms with Gasteiger partial charge in [0, 0.05) is 0 Å². The second-order valence-electron chi connectivity index (χ2n) is 9.01. The fraction of sp³-hybridized carbons (Fsp3) is 0.261. The van der Waals surface area contributed by atoms with Gasteiger partial charge in [-0.25, -0.2) is 0 Å². The topological polar surface area (TPSA) is 12.9 Å². The number of nitrogens with zero attached hydrogens (tertiary/aromatic N) is 1. The first-order valence-corrected chi connectivity index (χ1v) is 29.3. The molecule has 134 valence electrons. The third-order valence-corrected chi connectivity index (χ3v) is 18.2. The van der Waals surface area contributed by atoms with Gasteiger partial charge in [0.1, 0.15) is 0 Å². The molecule has 0 aliphatic carbocycles. The van der Waals surface area contributed by atoms with Crippen LogP contribution in [0.2, 0.25) is 29.6 Å². The van der Waals surface area contributed by atoms with E-state index in [1.807, 2.05) is 0 Å². The van der Waals surface area contributed by atoms with Crippen LogP contribution in [0, 0.1) is 0 Å². The van der Waals surface area contributed by atoms with Crippen molar-refractivity contribution in [2.45, 2.75) is 29.6 Å². The number of rotatable bonds is 4. The van der Waals surface area contributed by atoms with E-state index in [1.165, 1.54) is 16.8 Å². The summed E-state index contributed by atoms with van der Waals surface area (Å²) >= 11 is -4.70. The van der Waals surface area contributed by atoms with Crippen LogP contribution >= 0.6 is 0 Å². The molecular weight excluding hydrogens is 528 g/mol. The van der Waals surface area contributed by atoms with Crippen molar-refractivity contribution in [1.29, 1.82) is 0 Å². The minimum absolute atomic E-state index is 1.13. The van der Waals surface area contributed by atoms with Crippen molar-refractivity contribution in [3.63, 3.8) is 0 Å². The maximum absolute atomic E-state index is 5.24. The molecule has 1 heterocycles. The van der Waals surface area contributed by atoms with Crippen molar-refractivity contribution in [1.82, 2.24) is 4.98 Å². The zero-order valence-electron chi connectivity index (χ0n) is 16.8. The van der Waals surface area contributed by atoms with Crippen LogP contribution in [0.3, 0.4) is 0 Å². The van der Waals surface area contributed by atoms with Crippen molar-refractivity contribution in [2.75, 3.05) is 0 Å². The van der Waals surface area contributed by atoms with Gasteiger partial charge >= 0.3 is 168 Å². The fourth-order valence-corrected chi connectivity index (χ4v) is 27.0. The summed E-state index contributed by atoms with van der Waals surface area (Å²) in [5, 5.41) is 0. The molecular formula is C23H29NSn2. The summed E-state index contributed by atoms with van der Waals surface area (Å²) in [4.78, 5) is 20.4. The Hall–Kier alpha value is -0.813. The van der Waals surface area contributed by atoms with Crippen LogP contribution in [0.25, 0.3) is 22.5 Å². The molecule has 26 heavy (non-hydrogen) atoms. The zero-order valence-corrected chi connectivity index (χ0v) is 22.5. The quantitative estimate of drug-likeness (QED) is 0.387. The average Bonchev–Trinajstić information content (AvgIpc) is 2.60. The van der Waals surface area contributed by atoms with E-state index in [4.69, 9.17) is 4.98 Å². The predicted molar refractivity (Wildman–Crippen MR) is 121 cm³/mol. The second-order valence-corrected chi connectivity index (χ2v) is 37.7. The van der Waals surface area contributed by atoms with Crippen LogP contribution < -0.4 is 7.16 Å². The van der Waals surface area contributed by atoms with E-state index in [2.05, 4.69) is 96.4 Å². The first kappa shape index (κ1) is 19.9. The van der Waals surface area contributed by atoms with Gasteiger partial charge in [-0.15, -0.1) is 0 Å². The van der Waals surface area contributed by atoms with Crippen molar-refractivity contribution in [2.24, 2.45) is 0 Å². The van der Waals surface area contributed by atoms with Crippen molar-refractivity contribution in [3.8, 4) is 22.5 Å². The van der Waals surface area contributed by atoms with Crippen molar-refractivity contribution in [3.05, 3.63) is 66.7 Å². The Morgan fingerprint density at radius 1 is 0.615 bits per heavy atom. The van der Waals surface area contributed by atoms with Gasteiger partial charge in [-0.2, -0.15) is 0 Å². The van der Waals surface area contributed by atoms with E-state index in [1.54, 1.807) is 7.16 Å². The zero-order chi connectivity index (χ0) is 18.9. The van der Waals surface area contributed by atoms with Gasteiger partial charge in [-0.05, 0) is 0 Å². The molecule has 0 radical (unpaired) electrons. The summed E-state index contributed by atoms with van der Waals surface area (Å²) in [7, 11) is 0. The molecule has 0 N–H and O–H groups in total.